The number of esters is 1. The first kappa shape index (κ1) is 17.7. The van der Waals surface area contributed by atoms with E-state index >= 15 is 0 Å². The molecular weight excluding hydrogens is 284 g/mol. The first-order valence-electron chi connectivity index (χ1n) is 7.26. The summed E-state index contributed by atoms with van der Waals surface area (Å²) >= 11 is 0. The van der Waals surface area contributed by atoms with Crippen LogP contribution in [0, 0.1) is 5.92 Å². The molecule has 0 bridgehead atoms. The highest BCUT2D eigenvalue weighted by molar-refractivity contribution is 6.02. The lowest BCUT2D eigenvalue weighted by Crippen LogP contribution is -2.18. The van der Waals surface area contributed by atoms with Crippen molar-refractivity contribution in [1.82, 2.24) is 0 Å². The molecule has 0 spiro atoms. The Labute approximate surface area is 130 Å². The number of anilines is 2. The minimum Gasteiger partial charge on any atom is -0.466 e. The summed E-state index contributed by atoms with van der Waals surface area (Å²) in [6.07, 6.45) is 0.138. The Kier molecular flexibility index (Phi) is 7.08. The van der Waals surface area contributed by atoms with Crippen molar-refractivity contribution in [2.75, 3.05) is 17.2 Å². The quantitative estimate of drug-likeness (QED) is 0.599. The molecule has 0 aliphatic rings. The lowest BCUT2D eigenvalue weighted by atomic mass is 10.1. The van der Waals surface area contributed by atoms with Gasteiger partial charge in [0.2, 0.25) is 11.8 Å². The van der Waals surface area contributed by atoms with E-state index in [-0.39, 0.29) is 18.9 Å². The minimum atomic E-state index is -0.558. The molecule has 2 amide bonds. The molecule has 0 saturated carbocycles. The standard InChI is InChI=1S/C16H22N2O4/c1-4-22-16(21)10-15(20)18-13-7-5-12(6-8-13)17-14(19)9-11(2)3/h5-8,11H,4,9-10H2,1-3H3,(H,17,19)(H,18,20). The van der Waals surface area contributed by atoms with E-state index < -0.39 is 11.9 Å². The fraction of sp³-hybridized carbons (Fsp3) is 0.438. The highest BCUT2D eigenvalue weighted by Crippen LogP contribution is 2.14. The SMILES string of the molecule is CCOC(=O)CC(=O)Nc1ccc(NC(=O)CC(C)C)cc1. The maximum atomic E-state index is 11.6. The van der Waals surface area contributed by atoms with Gasteiger partial charge < -0.3 is 15.4 Å². The molecule has 1 rings (SSSR count). The largest absolute Gasteiger partial charge is 0.466 e. The number of hydrogen-bond acceptors (Lipinski definition) is 4. The van der Waals surface area contributed by atoms with Crippen LogP contribution in [-0.4, -0.2) is 24.4 Å². The van der Waals surface area contributed by atoms with Gasteiger partial charge in [-0.2, -0.15) is 0 Å². The van der Waals surface area contributed by atoms with Gasteiger partial charge in [-0.25, -0.2) is 0 Å². The number of nitrogens with one attached hydrogen (secondary N) is 2. The van der Waals surface area contributed by atoms with Crippen molar-refractivity contribution in [3.63, 3.8) is 0 Å². The van der Waals surface area contributed by atoms with Crippen LogP contribution in [0.15, 0.2) is 24.3 Å². The van der Waals surface area contributed by atoms with Gasteiger partial charge >= 0.3 is 5.97 Å². The molecule has 0 unspecified atom stereocenters. The van der Waals surface area contributed by atoms with E-state index in [4.69, 9.17) is 4.74 Å². The third-order valence-corrected chi connectivity index (χ3v) is 2.66. The van der Waals surface area contributed by atoms with Crippen molar-refractivity contribution < 1.29 is 19.1 Å². The van der Waals surface area contributed by atoms with Crippen LogP contribution in [0.5, 0.6) is 0 Å². The predicted octanol–water partition coefficient (Wildman–Crippen LogP) is 2.56. The Hall–Kier alpha value is -2.37. The molecule has 6 heteroatoms. The highest BCUT2D eigenvalue weighted by Gasteiger charge is 2.10. The second kappa shape index (κ2) is 8.81. The average molecular weight is 306 g/mol. The van der Waals surface area contributed by atoms with Crippen molar-refractivity contribution in [3.8, 4) is 0 Å². The van der Waals surface area contributed by atoms with Gasteiger partial charge in [-0.15, -0.1) is 0 Å². The smallest absolute Gasteiger partial charge is 0.315 e. The summed E-state index contributed by atoms with van der Waals surface area (Å²) in [6.45, 7) is 5.88. The number of amides is 2. The van der Waals surface area contributed by atoms with Crippen molar-refractivity contribution in [2.24, 2.45) is 5.92 Å². The van der Waals surface area contributed by atoms with Gasteiger partial charge in [-0.1, -0.05) is 13.8 Å². The topological polar surface area (TPSA) is 84.5 Å². The normalized spacial score (nSPS) is 10.2. The first-order valence-corrected chi connectivity index (χ1v) is 7.26. The Morgan fingerprint density at radius 3 is 1.95 bits per heavy atom. The minimum absolute atomic E-state index is 0.0471. The fourth-order valence-corrected chi connectivity index (χ4v) is 1.77. The van der Waals surface area contributed by atoms with Crippen molar-refractivity contribution >= 4 is 29.2 Å². The number of benzene rings is 1. The molecule has 6 nitrogen and oxygen atoms in total. The van der Waals surface area contributed by atoms with Crippen molar-refractivity contribution in [1.29, 1.82) is 0 Å². The number of ether oxygens (including phenoxy) is 1. The average Bonchev–Trinajstić information content (AvgIpc) is 2.40. The van der Waals surface area contributed by atoms with E-state index in [1.54, 1.807) is 31.2 Å². The summed E-state index contributed by atoms with van der Waals surface area (Å²) in [5, 5.41) is 5.37. The molecule has 0 fully saturated rings. The molecule has 22 heavy (non-hydrogen) atoms. The molecule has 0 heterocycles. The van der Waals surface area contributed by atoms with Gasteiger partial charge in [0, 0.05) is 17.8 Å². The van der Waals surface area contributed by atoms with E-state index in [1.807, 2.05) is 13.8 Å². The van der Waals surface area contributed by atoms with Gasteiger partial charge in [0.25, 0.3) is 0 Å². The van der Waals surface area contributed by atoms with Crippen LogP contribution in [0.1, 0.15) is 33.6 Å². The molecule has 0 aliphatic heterocycles. The van der Waals surface area contributed by atoms with Crippen LogP contribution in [-0.2, 0) is 19.1 Å². The van der Waals surface area contributed by atoms with Crippen molar-refractivity contribution in [2.45, 2.75) is 33.6 Å². The molecule has 120 valence electrons. The maximum Gasteiger partial charge on any atom is 0.315 e. The molecule has 1 aromatic rings. The van der Waals surface area contributed by atoms with Gasteiger partial charge in [0.15, 0.2) is 0 Å². The lowest BCUT2D eigenvalue weighted by molar-refractivity contribution is -0.145. The lowest BCUT2D eigenvalue weighted by Gasteiger charge is -2.09. The van der Waals surface area contributed by atoms with Gasteiger partial charge in [-0.05, 0) is 37.1 Å². The van der Waals surface area contributed by atoms with E-state index in [0.717, 1.165) is 0 Å². The zero-order valence-electron chi connectivity index (χ0n) is 13.1. The van der Waals surface area contributed by atoms with E-state index in [1.165, 1.54) is 0 Å². The fourth-order valence-electron chi connectivity index (χ4n) is 1.77. The number of rotatable bonds is 7. The molecule has 0 saturated heterocycles. The third kappa shape index (κ3) is 6.88. The summed E-state index contributed by atoms with van der Waals surface area (Å²) < 4.78 is 4.70. The van der Waals surface area contributed by atoms with Crippen LogP contribution >= 0.6 is 0 Å². The zero-order chi connectivity index (χ0) is 16.5. The van der Waals surface area contributed by atoms with Crippen LogP contribution in [0.3, 0.4) is 0 Å². The van der Waals surface area contributed by atoms with E-state index in [2.05, 4.69) is 10.6 Å². The molecular formula is C16H22N2O4. The van der Waals surface area contributed by atoms with Gasteiger partial charge in [0.1, 0.15) is 6.42 Å². The van der Waals surface area contributed by atoms with E-state index in [0.29, 0.717) is 23.7 Å². The van der Waals surface area contributed by atoms with Crippen molar-refractivity contribution in [3.05, 3.63) is 24.3 Å². The molecule has 2 N–H and O–H groups in total. The molecule has 0 aliphatic carbocycles. The Balaban J connectivity index is 2.49. The maximum absolute atomic E-state index is 11.6. The predicted molar refractivity (Wildman–Crippen MR) is 84.4 cm³/mol. The molecule has 1 aromatic carbocycles. The van der Waals surface area contributed by atoms with Crippen LogP contribution in [0.25, 0.3) is 0 Å². The Morgan fingerprint density at radius 1 is 1.00 bits per heavy atom. The Bertz CT molecular complexity index is 523. The Morgan fingerprint density at radius 2 is 1.50 bits per heavy atom. The molecule has 0 aromatic heterocycles. The highest BCUT2D eigenvalue weighted by atomic mass is 16.5. The van der Waals surface area contributed by atoms with Crippen LogP contribution in [0.4, 0.5) is 11.4 Å². The first-order chi connectivity index (χ1) is 10.4. The second-order valence-electron chi connectivity index (χ2n) is 5.25. The monoisotopic (exact) mass is 306 g/mol. The van der Waals surface area contributed by atoms with Crippen LogP contribution in [0.2, 0.25) is 0 Å². The molecule has 0 atom stereocenters. The second-order valence-corrected chi connectivity index (χ2v) is 5.25. The summed E-state index contributed by atoms with van der Waals surface area (Å²) in [7, 11) is 0. The summed E-state index contributed by atoms with van der Waals surface area (Å²) in [5.41, 5.74) is 1.21. The number of hydrogen-bond donors (Lipinski definition) is 2. The van der Waals surface area contributed by atoms with Gasteiger partial charge in [0.05, 0.1) is 6.61 Å². The van der Waals surface area contributed by atoms with E-state index in [9.17, 15) is 14.4 Å². The van der Waals surface area contributed by atoms with Crippen LogP contribution < -0.4 is 10.6 Å². The molecule has 0 radical (unpaired) electrons. The third-order valence-electron chi connectivity index (χ3n) is 2.66. The number of carbonyl (C=O) groups is 3. The summed E-state index contributed by atoms with van der Waals surface area (Å²) in [6, 6.07) is 6.71. The zero-order valence-corrected chi connectivity index (χ0v) is 13.1. The van der Waals surface area contributed by atoms with Gasteiger partial charge in [-0.3, -0.25) is 14.4 Å². The summed E-state index contributed by atoms with van der Waals surface area (Å²) in [5.74, 6) is -0.747. The summed E-state index contributed by atoms with van der Waals surface area (Å²) in [4.78, 5) is 34.4. The number of carbonyl (C=O) groups excluding carboxylic acids is 3.